The van der Waals surface area contributed by atoms with Crippen molar-refractivity contribution in [2.75, 3.05) is 45.4 Å². The molecular formula is C30H28BrN3O6S. The van der Waals surface area contributed by atoms with Crippen molar-refractivity contribution in [2.24, 2.45) is 4.99 Å². The number of carboxylic acids is 1. The first-order valence-electron chi connectivity index (χ1n) is 12.8. The van der Waals surface area contributed by atoms with Crippen LogP contribution in [0.25, 0.3) is 6.08 Å². The number of amides is 1. The minimum absolute atomic E-state index is 0.146. The number of benzene rings is 3. The Morgan fingerprint density at radius 1 is 1.15 bits per heavy atom. The second-order valence-corrected chi connectivity index (χ2v) is 11.2. The van der Waals surface area contributed by atoms with E-state index < -0.39 is 5.97 Å². The smallest absolute Gasteiger partial charge is 0.335 e. The van der Waals surface area contributed by atoms with Crippen LogP contribution in [0.1, 0.15) is 21.5 Å². The summed E-state index contributed by atoms with van der Waals surface area (Å²) in [5.41, 5.74) is 3.54. The Kier molecular flexibility index (Phi) is 8.96. The SMILES string of the molecule is COc1cc(/C=C2\SC(=Nc3ccc(N4CCOCC4)cc3)N(C)C2=O)cc(Br)c1OCc1cccc(C(=O)O)c1. The van der Waals surface area contributed by atoms with Crippen LogP contribution in [-0.2, 0) is 16.1 Å². The number of ether oxygens (including phenoxy) is 3. The summed E-state index contributed by atoms with van der Waals surface area (Å²) in [5.74, 6) is -0.199. The molecular weight excluding hydrogens is 610 g/mol. The number of aliphatic imine (C=N–C) groups is 1. The summed E-state index contributed by atoms with van der Waals surface area (Å²) in [6, 6.07) is 18.2. The Labute approximate surface area is 250 Å². The average Bonchev–Trinajstić information content (AvgIpc) is 3.24. The number of likely N-dealkylation sites (N-methyl/N-ethyl adjacent to an activating group) is 1. The molecule has 0 bridgehead atoms. The summed E-state index contributed by atoms with van der Waals surface area (Å²) < 4.78 is 17.6. The van der Waals surface area contributed by atoms with Crippen molar-refractivity contribution in [3.63, 3.8) is 0 Å². The first-order valence-corrected chi connectivity index (χ1v) is 14.4. The van der Waals surface area contributed by atoms with Gasteiger partial charge in [0.2, 0.25) is 0 Å². The Morgan fingerprint density at radius 2 is 1.90 bits per heavy atom. The van der Waals surface area contributed by atoms with Crippen molar-refractivity contribution in [2.45, 2.75) is 6.61 Å². The van der Waals surface area contributed by atoms with Crippen molar-refractivity contribution in [1.82, 2.24) is 4.90 Å². The summed E-state index contributed by atoms with van der Waals surface area (Å²) in [4.78, 5) is 33.4. The lowest BCUT2D eigenvalue weighted by atomic mass is 10.1. The molecule has 0 spiro atoms. The zero-order chi connectivity index (χ0) is 28.9. The van der Waals surface area contributed by atoms with E-state index in [1.54, 1.807) is 42.3 Å². The highest BCUT2D eigenvalue weighted by molar-refractivity contribution is 9.10. The van der Waals surface area contributed by atoms with Crippen molar-refractivity contribution < 1.29 is 28.9 Å². The number of carbonyl (C=O) groups is 2. The quantitative estimate of drug-likeness (QED) is 0.309. The van der Waals surface area contributed by atoms with Gasteiger partial charge in [0.15, 0.2) is 16.7 Å². The molecule has 2 fully saturated rings. The molecule has 2 aliphatic rings. The minimum atomic E-state index is -0.997. The van der Waals surface area contributed by atoms with Gasteiger partial charge in [0.25, 0.3) is 5.91 Å². The van der Waals surface area contributed by atoms with E-state index in [0.717, 1.165) is 43.2 Å². The molecule has 0 atom stereocenters. The number of amidine groups is 1. The van der Waals surface area contributed by atoms with Crippen LogP contribution in [0.5, 0.6) is 11.5 Å². The molecule has 0 aliphatic carbocycles. The lowest BCUT2D eigenvalue weighted by Gasteiger charge is -2.28. The van der Waals surface area contributed by atoms with Gasteiger partial charge in [-0.05, 0) is 93.4 Å². The van der Waals surface area contributed by atoms with Crippen LogP contribution in [0.3, 0.4) is 0 Å². The molecule has 3 aromatic carbocycles. The monoisotopic (exact) mass is 637 g/mol. The van der Waals surface area contributed by atoms with Gasteiger partial charge in [0.05, 0.1) is 41.0 Å². The predicted octanol–water partition coefficient (Wildman–Crippen LogP) is 5.81. The largest absolute Gasteiger partial charge is 0.493 e. The number of rotatable bonds is 8. The van der Waals surface area contributed by atoms with Crippen molar-refractivity contribution in [3.05, 3.63) is 86.7 Å². The van der Waals surface area contributed by atoms with E-state index in [-0.39, 0.29) is 18.1 Å². The first kappa shape index (κ1) is 28.7. The number of thioether (sulfide) groups is 1. The molecule has 5 rings (SSSR count). The van der Waals surface area contributed by atoms with E-state index in [1.165, 1.54) is 24.9 Å². The van der Waals surface area contributed by atoms with Crippen molar-refractivity contribution in [3.8, 4) is 11.5 Å². The van der Waals surface area contributed by atoms with Crippen LogP contribution >= 0.6 is 27.7 Å². The molecule has 0 aromatic heterocycles. The number of nitrogens with zero attached hydrogens (tertiary/aromatic N) is 3. The number of morpholine rings is 1. The number of hydrogen-bond acceptors (Lipinski definition) is 8. The lowest BCUT2D eigenvalue weighted by molar-refractivity contribution is -0.121. The number of anilines is 1. The van der Waals surface area contributed by atoms with E-state index in [1.807, 2.05) is 30.3 Å². The Bertz CT molecular complexity index is 1520. The fourth-order valence-electron chi connectivity index (χ4n) is 4.39. The van der Waals surface area contributed by atoms with Crippen molar-refractivity contribution >= 4 is 62.2 Å². The van der Waals surface area contributed by atoms with Gasteiger partial charge in [-0.3, -0.25) is 9.69 Å². The first-order chi connectivity index (χ1) is 19.8. The number of methoxy groups -OCH3 is 1. The predicted molar refractivity (Wildman–Crippen MR) is 163 cm³/mol. The normalized spacial score (nSPS) is 17.4. The molecule has 2 saturated heterocycles. The Balaban J connectivity index is 1.31. The third-order valence-corrected chi connectivity index (χ3v) is 8.21. The average molecular weight is 639 g/mol. The van der Waals surface area contributed by atoms with Gasteiger partial charge in [-0.15, -0.1) is 0 Å². The third-order valence-electron chi connectivity index (χ3n) is 6.56. The van der Waals surface area contributed by atoms with Gasteiger partial charge in [-0.25, -0.2) is 9.79 Å². The molecule has 2 aliphatic heterocycles. The highest BCUT2D eigenvalue weighted by atomic mass is 79.9. The van der Waals surface area contributed by atoms with Crippen LogP contribution in [0.15, 0.2) is 75.0 Å². The molecule has 0 unspecified atom stereocenters. The summed E-state index contributed by atoms with van der Waals surface area (Å²) >= 11 is 4.86. The number of halogens is 1. The molecule has 11 heteroatoms. The fraction of sp³-hybridized carbons (Fsp3) is 0.233. The van der Waals surface area contributed by atoms with E-state index in [2.05, 4.69) is 20.8 Å². The van der Waals surface area contributed by atoms with E-state index in [9.17, 15) is 14.7 Å². The summed E-state index contributed by atoms with van der Waals surface area (Å²) in [6.07, 6.45) is 1.79. The van der Waals surface area contributed by atoms with E-state index >= 15 is 0 Å². The Morgan fingerprint density at radius 3 is 2.61 bits per heavy atom. The van der Waals surface area contributed by atoms with Crippen LogP contribution in [-0.4, -0.2) is 67.5 Å². The van der Waals surface area contributed by atoms with E-state index in [0.29, 0.717) is 31.6 Å². The van der Waals surface area contributed by atoms with E-state index in [4.69, 9.17) is 19.2 Å². The molecule has 9 nitrogen and oxygen atoms in total. The molecule has 1 N–H and O–H groups in total. The minimum Gasteiger partial charge on any atom is -0.493 e. The lowest BCUT2D eigenvalue weighted by Crippen LogP contribution is -2.36. The van der Waals surface area contributed by atoms with Gasteiger partial charge in [0.1, 0.15) is 6.61 Å². The van der Waals surface area contributed by atoms with Crippen LogP contribution in [0, 0.1) is 0 Å². The molecule has 212 valence electrons. The van der Waals surface area contributed by atoms with Gasteiger partial charge in [-0.1, -0.05) is 12.1 Å². The van der Waals surface area contributed by atoms with Crippen LogP contribution in [0.2, 0.25) is 0 Å². The summed E-state index contributed by atoms with van der Waals surface area (Å²) in [5, 5.41) is 9.83. The standard InChI is InChI=1S/C30H28BrN3O6S/c1-33-28(35)26(41-30(33)32-22-6-8-23(9-7-22)34-10-12-39-13-11-34)17-20-15-24(31)27(25(16-20)38-2)40-18-19-4-3-5-21(14-19)29(36)37/h3-9,14-17H,10-13,18H2,1-2H3,(H,36,37)/b26-17-,32-30?. The second-order valence-electron chi connectivity index (χ2n) is 9.31. The maximum Gasteiger partial charge on any atom is 0.335 e. The topological polar surface area (TPSA) is 101 Å². The number of carbonyl (C=O) groups excluding carboxylic acids is 1. The van der Waals surface area contributed by atoms with Crippen molar-refractivity contribution in [1.29, 1.82) is 0 Å². The maximum atomic E-state index is 13.0. The zero-order valence-electron chi connectivity index (χ0n) is 22.5. The molecule has 2 heterocycles. The van der Waals surface area contributed by atoms with Crippen LogP contribution in [0.4, 0.5) is 11.4 Å². The summed E-state index contributed by atoms with van der Waals surface area (Å²) in [6.45, 7) is 3.34. The third kappa shape index (κ3) is 6.75. The number of aromatic carboxylic acids is 1. The van der Waals surface area contributed by atoms with Gasteiger partial charge < -0.3 is 24.2 Å². The second kappa shape index (κ2) is 12.8. The highest BCUT2D eigenvalue weighted by Gasteiger charge is 2.30. The fourth-order valence-corrected chi connectivity index (χ4v) is 5.95. The number of carboxylic acid groups (broad SMARTS) is 1. The van der Waals surface area contributed by atoms with Crippen LogP contribution < -0.4 is 14.4 Å². The highest BCUT2D eigenvalue weighted by Crippen LogP contribution is 2.40. The summed E-state index contributed by atoms with van der Waals surface area (Å²) in [7, 11) is 3.25. The molecule has 0 radical (unpaired) electrons. The molecule has 0 saturated carbocycles. The molecule has 1 amide bonds. The Hall–Kier alpha value is -3.80. The number of hydrogen-bond donors (Lipinski definition) is 1. The maximum absolute atomic E-state index is 13.0. The van der Waals surface area contributed by atoms with Gasteiger partial charge in [-0.2, -0.15) is 0 Å². The molecule has 41 heavy (non-hydrogen) atoms. The zero-order valence-corrected chi connectivity index (χ0v) is 24.9. The van der Waals surface area contributed by atoms with Gasteiger partial charge in [0, 0.05) is 25.8 Å². The molecule has 3 aromatic rings. The van der Waals surface area contributed by atoms with Gasteiger partial charge >= 0.3 is 5.97 Å².